The van der Waals surface area contributed by atoms with Crippen molar-refractivity contribution in [3.05, 3.63) is 24.3 Å². The van der Waals surface area contributed by atoms with Gasteiger partial charge in [-0.05, 0) is 31.4 Å². The summed E-state index contributed by atoms with van der Waals surface area (Å²) in [5, 5.41) is 5.99. The summed E-state index contributed by atoms with van der Waals surface area (Å²) in [6.45, 7) is 0.983. The van der Waals surface area contributed by atoms with Crippen LogP contribution in [-0.2, 0) is 4.79 Å². The SMILES string of the molecule is O=C1NC2(CCCC2)C(=O)N1CCCNc1nc2ccccc2o1. The Labute approximate surface area is 139 Å². The van der Waals surface area contributed by atoms with Gasteiger partial charge in [0.25, 0.3) is 11.9 Å². The summed E-state index contributed by atoms with van der Waals surface area (Å²) < 4.78 is 5.58. The zero-order valence-corrected chi connectivity index (χ0v) is 13.4. The number of para-hydroxylation sites is 2. The number of amides is 3. The minimum atomic E-state index is -0.620. The smallest absolute Gasteiger partial charge is 0.325 e. The Balaban J connectivity index is 1.31. The van der Waals surface area contributed by atoms with E-state index in [1.165, 1.54) is 4.90 Å². The van der Waals surface area contributed by atoms with Gasteiger partial charge in [0.05, 0.1) is 0 Å². The molecule has 1 aromatic heterocycles. The second kappa shape index (κ2) is 5.81. The van der Waals surface area contributed by atoms with Crippen LogP contribution in [0.25, 0.3) is 11.1 Å². The van der Waals surface area contributed by atoms with E-state index in [1.807, 2.05) is 24.3 Å². The van der Waals surface area contributed by atoms with Crippen molar-refractivity contribution in [2.24, 2.45) is 0 Å². The summed E-state index contributed by atoms with van der Waals surface area (Å²) in [5.41, 5.74) is 0.916. The van der Waals surface area contributed by atoms with E-state index in [-0.39, 0.29) is 11.9 Å². The van der Waals surface area contributed by atoms with Gasteiger partial charge in [-0.3, -0.25) is 9.69 Å². The summed E-state index contributed by atoms with van der Waals surface area (Å²) in [7, 11) is 0. The number of oxazole rings is 1. The van der Waals surface area contributed by atoms with Crippen LogP contribution in [0.1, 0.15) is 32.1 Å². The van der Waals surface area contributed by atoms with E-state index in [0.717, 1.165) is 36.8 Å². The van der Waals surface area contributed by atoms with Crippen LogP contribution < -0.4 is 10.6 Å². The van der Waals surface area contributed by atoms with Crippen molar-refractivity contribution < 1.29 is 14.0 Å². The number of fused-ring (bicyclic) bond motifs is 1. The molecule has 2 heterocycles. The molecule has 1 aliphatic carbocycles. The number of rotatable bonds is 5. The van der Waals surface area contributed by atoms with Crippen LogP contribution in [0.4, 0.5) is 10.8 Å². The molecule has 0 bridgehead atoms. The number of hydrogen-bond acceptors (Lipinski definition) is 5. The lowest BCUT2D eigenvalue weighted by Gasteiger charge is -2.19. The molecule has 2 aliphatic rings. The molecule has 4 rings (SSSR count). The molecule has 0 radical (unpaired) electrons. The second-order valence-electron chi connectivity index (χ2n) is 6.44. The van der Waals surface area contributed by atoms with E-state index < -0.39 is 5.54 Å². The lowest BCUT2D eigenvalue weighted by atomic mass is 9.98. The first-order chi connectivity index (χ1) is 11.7. The molecule has 2 N–H and O–H groups in total. The first kappa shape index (κ1) is 15.0. The molecule has 2 aromatic rings. The van der Waals surface area contributed by atoms with E-state index in [4.69, 9.17) is 4.42 Å². The number of anilines is 1. The van der Waals surface area contributed by atoms with Gasteiger partial charge < -0.3 is 15.1 Å². The average molecular weight is 328 g/mol. The highest BCUT2D eigenvalue weighted by Crippen LogP contribution is 2.35. The molecule has 0 unspecified atom stereocenters. The van der Waals surface area contributed by atoms with Crippen LogP contribution in [0, 0.1) is 0 Å². The molecule has 24 heavy (non-hydrogen) atoms. The van der Waals surface area contributed by atoms with Crippen LogP contribution in [0.2, 0.25) is 0 Å². The molecule has 126 valence electrons. The first-order valence-electron chi connectivity index (χ1n) is 8.42. The first-order valence-corrected chi connectivity index (χ1v) is 8.42. The maximum Gasteiger partial charge on any atom is 0.325 e. The fraction of sp³-hybridized carbons (Fsp3) is 0.471. The van der Waals surface area contributed by atoms with E-state index in [9.17, 15) is 9.59 Å². The van der Waals surface area contributed by atoms with Crippen LogP contribution in [-0.4, -0.2) is 40.5 Å². The second-order valence-corrected chi connectivity index (χ2v) is 6.44. The third-order valence-corrected chi connectivity index (χ3v) is 4.83. The maximum absolute atomic E-state index is 12.5. The minimum Gasteiger partial charge on any atom is -0.424 e. The number of urea groups is 1. The van der Waals surface area contributed by atoms with Gasteiger partial charge in [0.1, 0.15) is 11.1 Å². The Morgan fingerprint density at radius 3 is 2.83 bits per heavy atom. The van der Waals surface area contributed by atoms with Crippen LogP contribution >= 0.6 is 0 Å². The van der Waals surface area contributed by atoms with Crippen molar-refractivity contribution in [2.45, 2.75) is 37.6 Å². The number of nitrogens with zero attached hydrogens (tertiary/aromatic N) is 2. The molecule has 1 spiro atoms. The quantitative estimate of drug-likeness (QED) is 0.650. The van der Waals surface area contributed by atoms with Gasteiger partial charge in [-0.1, -0.05) is 25.0 Å². The fourth-order valence-corrected chi connectivity index (χ4v) is 3.58. The van der Waals surface area contributed by atoms with Gasteiger partial charge in [-0.25, -0.2) is 4.79 Å². The minimum absolute atomic E-state index is 0.0631. The number of nitrogens with one attached hydrogen (secondary N) is 2. The fourth-order valence-electron chi connectivity index (χ4n) is 3.58. The highest BCUT2D eigenvalue weighted by Gasteiger charge is 2.51. The number of aromatic nitrogens is 1. The van der Waals surface area contributed by atoms with E-state index >= 15 is 0 Å². The van der Waals surface area contributed by atoms with Gasteiger partial charge in [-0.2, -0.15) is 4.98 Å². The molecule has 1 aromatic carbocycles. The highest BCUT2D eigenvalue weighted by atomic mass is 16.4. The Morgan fingerprint density at radius 1 is 1.25 bits per heavy atom. The zero-order valence-electron chi connectivity index (χ0n) is 13.4. The van der Waals surface area contributed by atoms with Crippen molar-refractivity contribution in [3.8, 4) is 0 Å². The van der Waals surface area contributed by atoms with Gasteiger partial charge in [0.15, 0.2) is 5.58 Å². The van der Waals surface area contributed by atoms with Gasteiger partial charge in [0.2, 0.25) is 0 Å². The summed E-state index contributed by atoms with van der Waals surface area (Å²) in [4.78, 5) is 30.3. The molecule has 3 amide bonds. The Kier molecular flexibility index (Phi) is 3.63. The Hall–Kier alpha value is -2.57. The molecule has 1 saturated heterocycles. The normalized spacial score (nSPS) is 19.4. The number of carbonyl (C=O) groups excluding carboxylic acids is 2. The largest absolute Gasteiger partial charge is 0.424 e. The average Bonchev–Trinajstić information content (AvgIpc) is 3.25. The number of carbonyl (C=O) groups is 2. The lowest BCUT2D eigenvalue weighted by molar-refractivity contribution is -0.131. The molecular weight excluding hydrogens is 308 g/mol. The Bertz CT molecular complexity index is 746. The lowest BCUT2D eigenvalue weighted by Crippen LogP contribution is -2.44. The Morgan fingerprint density at radius 2 is 2.04 bits per heavy atom. The standard InChI is InChI=1S/C17H20N4O3/c22-14-17(8-3-4-9-17)20-16(23)21(14)11-5-10-18-15-19-12-6-1-2-7-13(12)24-15/h1-2,6-7H,3-5,8-11H2,(H,18,19)(H,20,23). The third kappa shape index (κ3) is 2.50. The topological polar surface area (TPSA) is 87.5 Å². The van der Waals surface area contributed by atoms with E-state index in [2.05, 4.69) is 15.6 Å². The van der Waals surface area contributed by atoms with E-state index in [1.54, 1.807) is 0 Å². The molecule has 7 heteroatoms. The maximum atomic E-state index is 12.5. The van der Waals surface area contributed by atoms with Crippen molar-refractivity contribution >= 4 is 29.1 Å². The monoisotopic (exact) mass is 328 g/mol. The molecular formula is C17H20N4O3. The van der Waals surface area contributed by atoms with Crippen molar-refractivity contribution in [3.63, 3.8) is 0 Å². The van der Waals surface area contributed by atoms with Gasteiger partial charge in [-0.15, -0.1) is 0 Å². The molecule has 1 saturated carbocycles. The van der Waals surface area contributed by atoms with Crippen molar-refractivity contribution in [2.75, 3.05) is 18.4 Å². The molecule has 0 atom stereocenters. The van der Waals surface area contributed by atoms with E-state index in [0.29, 0.717) is 25.5 Å². The summed E-state index contributed by atoms with van der Waals surface area (Å²) in [6.07, 6.45) is 4.16. The van der Waals surface area contributed by atoms with Crippen LogP contribution in [0.5, 0.6) is 0 Å². The predicted molar refractivity (Wildman–Crippen MR) is 88.6 cm³/mol. The highest BCUT2D eigenvalue weighted by molar-refractivity contribution is 6.07. The van der Waals surface area contributed by atoms with Crippen LogP contribution in [0.3, 0.4) is 0 Å². The predicted octanol–water partition coefficient (Wildman–Crippen LogP) is 2.49. The number of benzene rings is 1. The van der Waals surface area contributed by atoms with Crippen molar-refractivity contribution in [1.29, 1.82) is 0 Å². The molecule has 7 nitrogen and oxygen atoms in total. The number of hydrogen-bond donors (Lipinski definition) is 2. The third-order valence-electron chi connectivity index (χ3n) is 4.83. The number of imide groups is 1. The summed E-state index contributed by atoms with van der Waals surface area (Å²) in [5.74, 6) is -0.0631. The summed E-state index contributed by atoms with van der Waals surface area (Å²) in [6, 6.07) is 7.75. The summed E-state index contributed by atoms with van der Waals surface area (Å²) >= 11 is 0. The van der Waals surface area contributed by atoms with Crippen LogP contribution in [0.15, 0.2) is 28.7 Å². The van der Waals surface area contributed by atoms with Gasteiger partial charge >= 0.3 is 6.03 Å². The van der Waals surface area contributed by atoms with Crippen molar-refractivity contribution in [1.82, 2.24) is 15.2 Å². The zero-order chi connectivity index (χ0) is 16.6. The molecule has 1 aliphatic heterocycles. The molecule has 2 fully saturated rings. The van der Waals surface area contributed by atoms with Gasteiger partial charge in [0, 0.05) is 13.1 Å².